The van der Waals surface area contributed by atoms with Crippen LogP contribution in [0.2, 0.25) is 0 Å². The molecule has 24 heavy (non-hydrogen) atoms. The maximum absolute atomic E-state index is 12.3. The molecule has 2 aliphatic rings. The molecule has 4 rings (SSSR count). The predicted octanol–water partition coefficient (Wildman–Crippen LogP) is 2.07. The van der Waals surface area contributed by atoms with E-state index in [9.17, 15) is 4.79 Å². The van der Waals surface area contributed by atoms with Crippen molar-refractivity contribution in [3.63, 3.8) is 0 Å². The number of nitrogens with one attached hydrogen (secondary N) is 2. The van der Waals surface area contributed by atoms with E-state index in [4.69, 9.17) is 4.74 Å². The van der Waals surface area contributed by atoms with Gasteiger partial charge >= 0.3 is 0 Å². The van der Waals surface area contributed by atoms with Gasteiger partial charge in [0.25, 0.3) is 0 Å². The van der Waals surface area contributed by atoms with E-state index < -0.39 is 0 Å². The van der Waals surface area contributed by atoms with E-state index in [2.05, 4.69) is 20.2 Å². The Hall–Kier alpha value is -2.08. The molecular formula is C18H24N4O2. The van der Waals surface area contributed by atoms with Gasteiger partial charge in [-0.1, -0.05) is 12.1 Å². The summed E-state index contributed by atoms with van der Waals surface area (Å²) in [7, 11) is 0. The topological polar surface area (TPSA) is 70.2 Å². The number of amides is 1. The fraction of sp³-hybridized carbons (Fsp3) is 0.556. The van der Waals surface area contributed by atoms with Crippen LogP contribution < -0.4 is 10.2 Å². The number of nitrogens with zero attached hydrogens (tertiary/aromatic N) is 2. The second-order valence-electron chi connectivity index (χ2n) is 6.72. The van der Waals surface area contributed by atoms with E-state index in [0.29, 0.717) is 6.54 Å². The first-order valence-corrected chi connectivity index (χ1v) is 8.88. The maximum Gasteiger partial charge on any atom is 0.223 e. The molecule has 0 saturated carbocycles. The number of aromatic amines is 1. The molecule has 1 aromatic heterocycles. The third kappa shape index (κ3) is 3.24. The van der Waals surface area contributed by atoms with E-state index in [0.717, 1.165) is 62.4 Å². The first kappa shape index (κ1) is 15.4. The number of rotatable bonds is 4. The highest BCUT2D eigenvalue weighted by Gasteiger charge is 2.27. The second-order valence-corrected chi connectivity index (χ2v) is 6.72. The quantitative estimate of drug-likeness (QED) is 0.901. The Morgan fingerprint density at radius 3 is 2.88 bits per heavy atom. The van der Waals surface area contributed by atoms with Crippen LogP contribution >= 0.6 is 0 Å². The number of piperidine rings is 1. The number of ether oxygens (including phenoxy) is 1. The van der Waals surface area contributed by atoms with Crippen LogP contribution in [0.5, 0.6) is 0 Å². The number of H-pyrrole nitrogens is 1. The number of anilines is 1. The van der Waals surface area contributed by atoms with Crippen LogP contribution in [0.1, 0.15) is 25.7 Å². The zero-order valence-corrected chi connectivity index (χ0v) is 13.8. The van der Waals surface area contributed by atoms with E-state index in [1.807, 2.05) is 24.3 Å². The molecule has 2 aromatic rings. The Bertz CT molecular complexity index is 667. The molecule has 2 N–H and O–H groups in total. The minimum Gasteiger partial charge on any atom is -0.376 e. The van der Waals surface area contributed by atoms with Crippen molar-refractivity contribution < 1.29 is 9.53 Å². The summed E-state index contributed by atoms with van der Waals surface area (Å²) in [5.41, 5.74) is 2.05. The van der Waals surface area contributed by atoms with Crippen LogP contribution in [0.3, 0.4) is 0 Å². The molecule has 2 fully saturated rings. The molecule has 0 spiro atoms. The molecule has 1 atom stereocenters. The monoisotopic (exact) mass is 328 g/mol. The van der Waals surface area contributed by atoms with Crippen LogP contribution in [-0.4, -0.2) is 48.2 Å². The number of para-hydroxylation sites is 2. The SMILES string of the molecule is O=C(NCC1CCCO1)C1CCN(c2nc3ccccc3[nH]2)CC1. The van der Waals surface area contributed by atoms with Gasteiger partial charge in [-0.2, -0.15) is 0 Å². The van der Waals surface area contributed by atoms with Crippen molar-refractivity contribution in [2.45, 2.75) is 31.8 Å². The third-order valence-corrected chi connectivity index (χ3v) is 5.07. The van der Waals surface area contributed by atoms with Gasteiger partial charge in [0.05, 0.1) is 17.1 Å². The molecule has 128 valence electrons. The van der Waals surface area contributed by atoms with Crippen molar-refractivity contribution in [1.82, 2.24) is 15.3 Å². The van der Waals surface area contributed by atoms with Gasteiger partial charge in [-0.25, -0.2) is 4.98 Å². The summed E-state index contributed by atoms with van der Waals surface area (Å²) in [5.74, 6) is 1.19. The van der Waals surface area contributed by atoms with Crippen LogP contribution in [0.4, 0.5) is 5.95 Å². The first-order valence-electron chi connectivity index (χ1n) is 8.88. The molecule has 2 aliphatic heterocycles. The Morgan fingerprint density at radius 1 is 1.29 bits per heavy atom. The Labute approximate surface area is 141 Å². The lowest BCUT2D eigenvalue weighted by Gasteiger charge is -2.31. The average molecular weight is 328 g/mol. The van der Waals surface area contributed by atoms with E-state index >= 15 is 0 Å². The minimum atomic E-state index is 0.104. The van der Waals surface area contributed by atoms with E-state index in [-0.39, 0.29) is 17.9 Å². The van der Waals surface area contributed by atoms with Crippen molar-refractivity contribution >= 4 is 22.9 Å². The number of carbonyl (C=O) groups is 1. The number of aromatic nitrogens is 2. The number of fused-ring (bicyclic) bond motifs is 1. The van der Waals surface area contributed by atoms with Crippen LogP contribution in [0, 0.1) is 5.92 Å². The number of benzene rings is 1. The van der Waals surface area contributed by atoms with E-state index in [1.165, 1.54) is 0 Å². The van der Waals surface area contributed by atoms with Crippen molar-refractivity contribution in [2.75, 3.05) is 31.1 Å². The molecule has 6 heteroatoms. The van der Waals surface area contributed by atoms with Gasteiger partial charge in [0.1, 0.15) is 0 Å². The summed E-state index contributed by atoms with van der Waals surface area (Å²) < 4.78 is 5.56. The molecule has 1 aromatic carbocycles. The number of hydrogen-bond donors (Lipinski definition) is 2. The molecule has 3 heterocycles. The fourth-order valence-corrected chi connectivity index (χ4v) is 3.61. The molecule has 0 bridgehead atoms. The lowest BCUT2D eigenvalue weighted by atomic mass is 9.96. The van der Waals surface area contributed by atoms with Crippen LogP contribution in [0.25, 0.3) is 11.0 Å². The maximum atomic E-state index is 12.3. The average Bonchev–Trinajstić information content (AvgIpc) is 3.29. The van der Waals surface area contributed by atoms with Crippen molar-refractivity contribution in [2.24, 2.45) is 5.92 Å². The van der Waals surface area contributed by atoms with Gasteiger partial charge in [0.2, 0.25) is 11.9 Å². The van der Waals surface area contributed by atoms with Crippen LogP contribution in [0.15, 0.2) is 24.3 Å². The van der Waals surface area contributed by atoms with Gasteiger partial charge in [0.15, 0.2) is 0 Å². The number of carbonyl (C=O) groups excluding carboxylic acids is 1. The summed E-state index contributed by atoms with van der Waals surface area (Å²) in [6.07, 6.45) is 4.12. The summed E-state index contributed by atoms with van der Waals surface area (Å²) in [6.45, 7) is 3.20. The molecule has 0 aliphatic carbocycles. The highest BCUT2D eigenvalue weighted by Crippen LogP contribution is 2.23. The van der Waals surface area contributed by atoms with Gasteiger partial charge < -0.3 is 19.9 Å². The molecular weight excluding hydrogens is 304 g/mol. The van der Waals surface area contributed by atoms with Gasteiger partial charge in [0, 0.05) is 32.2 Å². The Morgan fingerprint density at radius 2 is 2.12 bits per heavy atom. The van der Waals surface area contributed by atoms with Crippen LogP contribution in [-0.2, 0) is 9.53 Å². The minimum absolute atomic E-state index is 0.104. The Balaban J connectivity index is 1.30. The van der Waals surface area contributed by atoms with Crippen molar-refractivity contribution in [3.05, 3.63) is 24.3 Å². The highest BCUT2D eigenvalue weighted by molar-refractivity contribution is 5.79. The molecule has 6 nitrogen and oxygen atoms in total. The standard InChI is InChI=1S/C18H24N4O2/c23-17(19-12-14-4-3-11-24-14)13-7-9-22(10-8-13)18-20-15-5-1-2-6-16(15)21-18/h1-2,5-6,13-14H,3-4,7-12H2,(H,19,23)(H,20,21). The molecule has 1 amide bonds. The predicted molar refractivity (Wildman–Crippen MR) is 93.0 cm³/mol. The fourth-order valence-electron chi connectivity index (χ4n) is 3.61. The van der Waals surface area contributed by atoms with Gasteiger partial charge in [-0.15, -0.1) is 0 Å². The smallest absolute Gasteiger partial charge is 0.223 e. The first-order chi connectivity index (χ1) is 11.8. The summed E-state index contributed by atoms with van der Waals surface area (Å²) in [6, 6.07) is 8.06. The Kier molecular flexibility index (Phi) is 4.38. The largest absolute Gasteiger partial charge is 0.376 e. The zero-order chi connectivity index (χ0) is 16.4. The van der Waals surface area contributed by atoms with Crippen molar-refractivity contribution in [3.8, 4) is 0 Å². The summed E-state index contributed by atoms with van der Waals surface area (Å²) in [4.78, 5) is 22.6. The van der Waals surface area contributed by atoms with Gasteiger partial charge in [-0.3, -0.25) is 4.79 Å². The number of imidazole rings is 1. The summed E-state index contributed by atoms with van der Waals surface area (Å²) >= 11 is 0. The molecule has 0 radical (unpaired) electrons. The van der Waals surface area contributed by atoms with E-state index in [1.54, 1.807) is 0 Å². The molecule has 1 unspecified atom stereocenters. The number of hydrogen-bond acceptors (Lipinski definition) is 4. The second kappa shape index (κ2) is 6.81. The zero-order valence-electron chi connectivity index (χ0n) is 13.8. The summed E-state index contributed by atoms with van der Waals surface area (Å²) in [5, 5.41) is 3.06. The normalized spacial score (nSPS) is 22.2. The highest BCUT2D eigenvalue weighted by atomic mass is 16.5. The third-order valence-electron chi connectivity index (χ3n) is 5.07. The lowest BCUT2D eigenvalue weighted by Crippen LogP contribution is -2.42. The lowest BCUT2D eigenvalue weighted by molar-refractivity contribution is -0.126. The molecule has 2 saturated heterocycles. The van der Waals surface area contributed by atoms with Gasteiger partial charge in [-0.05, 0) is 37.8 Å². The van der Waals surface area contributed by atoms with Crippen molar-refractivity contribution in [1.29, 1.82) is 0 Å².